The van der Waals surface area contributed by atoms with Crippen molar-refractivity contribution < 1.29 is 19.4 Å². The largest absolute Gasteiger partial charge is 0.481 e. The molecule has 0 saturated carbocycles. The number of carbonyl (C=O) groups is 1. The number of nitrogens with one attached hydrogen (secondary N) is 1. The number of anilines is 1. The summed E-state index contributed by atoms with van der Waals surface area (Å²) in [5, 5.41) is 21.3. The second-order valence-electron chi connectivity index (χ2n) is 5.39. The topological polar surface area (TPSA) is 82.7 Å². The molecule has 0 bridgehead atoms. The number of furan rings is 1. The van der Waals surface area contributed by atoms with E-state index in [0.717, 1.165) is 17.0 Å². The lowest BCUT2D eigenvalue weighted by atomic mass is 9.85. The molecule has 0 saturated heterocycles. The van der Waals surface area contributed by atoms with E-state index in [2.05, 4.69) is 5.32 Å². The lowest BCUT2D eigenvalue weighted by Gasteiger charge is -2.20. The minimum Gasteiger partial charge on any atom is -0.481 e. The normalized spacial score (nSPS) is 11.4. The van der Waals surface area contributed by atoms with Crippen LogP contribution in [0.3, 0.4) is 0 Å². The molecule has 1 aromatic heterocycles. The van der Waals surface area contributed by atoms with Gasteiger partial charge in [0.25, 0.3) is 0 Å². The van der Waals surface area contributed by atoms with E-state index in [9.17, 15) is 9.90 Å². The van der Waals surface area contributed by atoms with Gasteiger partial charge in [0.1, 0.15) is 18.1 Å². The molecule has 0 unspecified atom stereocenters. The Hall–Kier alpha value is -2.27. The molecular weight excluding hydrogens is 270 g/mol. The fraction of sp³-hybridized carbons (Fsp3) is 0.312. The molecular formula is C16H19NO4. The smallest absolute Gasteiger partial charge is 0.313 e. The van der Waals surface area contributed by atoms with E-state index < -0.39 is 11.4 Å². The summed E-state index contributed by atoms with van der Waals surface area (Å²) < 4.78 is 5.37. The van der Waals surface area contributed by atoms with E-state index in [1.54, 1.807) is 38.1 Å². The molecule has 3 N–H and O–H groups in total. The molecule has 5 nitrogen and oxygen atoms in total. The molecule has 2 aromatic rings. The van der Waals surface area contributed by atoms with Crippen LogP contribution in [0.1, 0.15) is 30.9 Å². The van der Waals surface area contributed by atoms with Crippen LogP contribution in [0.5, 0.6) is 0 Å². The standard InChI is InChI=1S/C16H19NO4/c1-16(2,15(19)20)11-3-5-12(6-4-11)17-9-13-7-8-14(10-18)21-13/h3-8,17-18H,9-10H2,1-2H3,(H,19,20). The van der Waals surface area contributed by atoms with Crippen LogP contribution in [-0.2, 0) is 23.4 Å². The Morgan fingerprint density at radius 2 is 1.76 bits per heavy atom. The van der Waals surface area contributed by atoms with Gasteiger partial charge >= 0.3 is 5.97 Å². The average Bonchev–Trinajstić information content (AvgIpc) is 2.93. The summed E-state index contributed by atoms with van der Waals surface area (Å²) in [7, 11) is 0. The first-order valence-electron chi connectivity index (χ1n) is 6.69. The zero-order valence-corrected chi connectivity index (χ0v) is 12.1. The Kier molecular flexibility index (Phi) is 4.33. The molecule has 1 aromatic carbocycles. The number of benzene rings is 1. The highest BCUT2D eigenvalue weighted by Gasteiger charge is 2.29. The molecule has 0 atom stereocenters. The average molecular weight is 289 g/mol. The molecule has 0 aliphatic carbocycles. The van der Waals surface area contributed by atoms with Gasteiger partial charge in [-0.25, -0.2) is 0 Å². The Morgan fingerprint density at radius 3 is 2.29 bits per heavy atom. The van der Waals surface area contributed by atoms with E-state index in [1.165, 1.54) is 0 Å². The first kappa shape index (κ1) is 15.1. The van der Waals surface area contributed by atoms with Gasteiger partial charge in [0.05, 0.1) is 12.0 Å². The van der Waals surface area contributed by atoms with E-state index in [-0.39, 0.29) is 6.61 Å². The predicted molar refractivity (Wildman–Crippen MR) is 79.1 cm³/mol. The van der Waals surface area contributed by atoms with E-state index in [0.29, 0.717) is 12.3 Å². The SMILES string of the molecule is CC(C)(C(=O)O)c1ccc(NCc2ccc(CO)o2)cc1. The van der Waals surface area contributed by atoms with Crippen LogP contribution < -0.4 is 5.32 Å². The number of carboxylic acid groups (broad SMARTS) is 1. The molecule has 0 amide bonds. The minimum atomic E-state index is -0.907. The number of rotatable bonds is 6. The molecule has 21 heavy (non-hydrogen) atoms. The number of hydrogen-bond donors (Lipinski definition) is 3. The summed E-state index contributed by atoms with van der Waals surface area (Å²) in [6.45, 7) is 3.74. The second kappa shape index (κ2) is 6.01. The quantitative estimate of drug-likeness (QED) is 0.761. The van der Waals surface area contributed by atoms with Crippen molar-refractivity contribution in [3.8, 4) is 0 Å². The van der Waals surface area contributed by atoms with Crippen molar-refractivity contribution in [3.63, 3.8) is 0 Å². The van der Waals surface area contributed by atoms with E-state index in [4.69, 9.17) is 9.52 Å². The van der Waals surface area contributed by atoms with Crippen molar-refractivity contribution in [1.29, 1.82) is 0 Å². The van der Waals surface area contributed by atoms with Gasteiger partial charge in [0, 0.05) is 5.69 Å². The summed E-state index contributed by atoms with van der Waals surface area (Å²) in [6, 6.07) is 10.8. The highest BCUT2D eigenvalue weighted by atomic mass is 16.4. The lowest BCUT2D eigenvalue weighted by molar-refractivity contribution is -0.142. The zero-order chi connectivity index (χ0) is 15.5. The fourth-order valence-corrected chi connectivity index (χ4v) is 1.92. The van der Waals surface area contributed by atoms with Crippen molar-refractivity contribution in [1.82, 2.24) is 0 Å². The second-order valence-corrected chi connectivity index (χ2v) is 5.39. The summed E-state index contributed by atoms with van der Waals surface area (Å²) in [6.07, 6.45) is 0. The molecule has 0 fully saturated rings. The summed E-state index contributed by atoms with van der Waals surface area (Å²) >= 11 is 0. The Bertz CT molecular complexity index is 613. The van der Waals surface area contributed by atoms with Gasteiger partial charge < -0.3 is 19.9 Å². The zero-order valence-electron chi connectivity index (χ0n) is 12.1. The highest BCUT2D eigenvalue weighted by molar-refractivity contribution is 5.80. The predicted octanol–water partition coefficient (Wildman–Crippen LogP) is 2.75. The number of carboxylic acids is 1. The number of aliphatic hydroxyl groups is 1. The van der Waals surface area contributed by atoms with Crippen LogP contribution in [0.25, 0.3) is 0 Å². The number of aliphatic hydroxyl groups excluding tert-OH is 1. The molecule has 112 valence electrons. The first-order valence-corrected chi connectivity index (χ1v) is 6.69. The van der Waals surface area contributed by atoms with Gasteiger partial charge in [-0.1, -0.05) is 12.1 Å². The van der Waals surface area contributed by atoms with E-state index in [1.807, 2.05) is 12.1 Å². The third-order valence-electron chi connectivity index (χ3n) is 3.48. The molecule has 5 heteroatoms. The third-order valence-corrected chi connectivity index (χ3v) is 3.48. The molecule has 0 aliphatic rings. The first-order chi connectivity index (χ1) is 9.93. The van der Waals surface area contributed by atoms with Gasteiger partial charge in [0.15, 0.2) is 0 Å². The van der Waals surface area contributed by atoms with Crippen molar-refractivity contribution in [2.45, 2.75) is 32.4 Å². The van der Waals surface area contributed by atoms with E-state index >= 15 is 0 Å². The third kappa shape index (κ3) is 3.44. The number of aliphatic carboxylic acids is 1. The maximum absolute atomic E-state index is 11.2. The molecule has 0 aliphatic heterocycles. The van der Waals surface area contributed by atoms with Crippen LogP contribution in [0.15, 0.2) is 40.8 Å². The maximum atomic E-state index is 11.2. The molecule has 0 radical (unpaired) electrons. The van der Waals surface area contributed by atoms with Crippen molar-refractivity contribution in [2.75, 3.05) is 5.32 Å². The Labute approximate surface area is 123 Å². The van der Waals surface area contributed by atoms with Gasteiger partial charge in [-0.2, -0.15) is 0 Å². The minimum absolute atomic E-state index is 0.112. The lowest BCUT2D eigenvalue weighted by Crippen LogP contribution is -2.28. The van der Waals surface area contributed by atoms with Crippen molar-refractivity contribution >= 4 is 11.7 Å². The van der Waals surface area contributed by atoms with Gasteiger partial charge in [-0.3, -0.25) is 4.79 Å². The Morgan fingerprint density at radius 1 is 1.14 bits per heavy atom. The summed E-state index contributed by atoms with van der Waals surface area (Å²) in [5.74, 6) is 0.412. The van der Waals surface area contributed by atoms with Crippen LogP contribution in [0.4, 0.5) is 5.69 Å². The van der Waals surface area contributed by atoms with Crippen LogP contribution in [0, 0.1) is 0 Å². The summed E-state index contributed by atoms with van der Waals surface area (Å²) in [5.41, 5.74) is 0.721. The monoisotopic (exact) mass is 289 g/mol. The van der Waals surface area contributed by atoms with Crippen molar-refractivity contribution in [2.24, 2.45) is 0 Å². The van der Waals surface area contributed by atoms with Crippen LogP contribution in [0.2, 0.25) is 0 Å². The maximum Gasteiger partial charge on any atom is 0.313 e. The fourth-order valence-electron chi connectivity index (χ4n) is 1.92. The highest BCUT2D eigenvalue weighted by Crippen LogP contribution is 2.25. The van der Waals surface area contributed by atoms with Crippen LogP contribution in [-0.4, -0.2) is 16.2 Å². The molecule has 0 spiro atoms. The Balaban J connectivity index is 2.01. The number of hydrogen-bond acceptors (Lipinski definition) is 4. The van der Waals surface area contributed by atoms with Crippen molar-refractivity contribution in [3.05, 3.63) is 53.5 Å². The van der Waals surface area contributed by atoms with Gasteiger partial charge in [-0.05, 0) is 43.7 Å². The molecule has 1 heterocycles. The van der Waals surface area contributed by atoms with Gasteiger partial charge in [0.2, 0.25) is 0 Å². The van der Waals surface area contributed by atoms with Gasteiger partial charge in [-0.15, -0.1) is 0 Å². The molecule has 2 rings (SSSR count). The summed E-state index contributed by atoms with van der Waals surface area (Å²) in [4.78, 5) is 11.2. The van der Waals surface area contributed by atoms with Crippen LogP contribution >= 0.6 is 0 Å².